The van der Waals surface area contributed by atoms with Crippen LogP contribution in [0.25, 0.3) is 11.4 Å². The standard InChI is InChI=1S/C13H14N4/c14-17-12-7-8-15-13(16-12)11-5-3-10(4-6-11)9-1-2-9/h3-9H,1-2,14H2,(H,15,16,17). The van der Waals surface area contributed by atoms with Gasteiger partial charge in [-0.3, -0.25) is 0 Å². The normalized spacial score (nSPS) is 14.6. The summed E-state index contributed by atoms with van der Waals surface area (Å²) in [6.07, 6.45) is 4.34. The summed E-state index contributed by atoms with van der Waals surface area (Å²) in [6, 6.07) is 10.2. The predicted molar refractivity (Wildman–Crippen MR) is 67.3 cm³/mol. The Balaban J connectivity index is 1.91. The lowest BCUT2D eigenvalue weighted by Gasteiger charge is -2.04. The first kappa shape index (κ1) is 10.2. The number of nitrogens with one attached hydrogen (secondary N) is 1. The number of nitrogens with two attached hydrogens (primary N) is 1. The van der Waals surface area contributed by atoms with Crippen molar-refractivity contribution in [1.82, 2.24) is 9.97 Å². The smallest absolute Gasteiger partial charge is 0.161 e. The largest absolute Gasteiger partial charge is 0.308 e. The van der Waals surface area contributed by atoms with Crippen LogP contribution in [0.3, 0.4) is 0 Å². The van der Waals surface area contributed by atoms with Gasteiger partial charge in [-0.1, -0.05) is 24.3 Å². The molecular formula is C13H14N4. The van der Waals surface area contributed by atoms with Crippen LogP contribution in [-0.2, 0) is 0 Å². The molecule has 3 rings (SSSR count). The summed E-state index contributed by atoms with van der Waals surface area (Å²) in [6.45, 7) is 0. The third-order valence-electron chi connectivity index (χ3n) is 3.02. The molecule has 0 spiro atoms. The Morgan fingerprint density at radius 2 is 1.88 bits per heavy atom. The number of aromatic nitrogens is 2. The molecule has 1 heterocycles. The SMILES string of the molecule is NNc1ccnc(-c2ccc(C3CC3)cc2)n1. The van der Waals surface area contributed by atoms with Crippen LogP contribution in [0.1, 0.15) is 24.3 Å². The molecule has 0 amide bonds. The van der Waals surface area contributed by atoms with Crippen LogP contribution in [0.2, 0.25) is 0 Å². The maximum Gasteiger partial charge on any atom is 0.161 e. The minimum Gasteiger partial charge on any atom is -0.308 e. The highest BCUT2D eigenvalue weighted by atomic mass is 15.3. The second kappa shape index (κ2) is 4.14. The second-order valence-corrected chi connectivity index (χ2v) is 4.31. The van der Waals surface area contributed by atoms with E-state index >= 15 is 0 Å². The van der Waals surface area contributed by atoms with Crippen LogP contribution in [0.15, 0.2) is 36.5 Å². The molecule has 0 aliphatic heterocycles. The van der Waals surface area contributed by atoms with E-state index in [0.717, 1.165) is 11.5 Å². The van der Waals surface area contributed by atoms with Crippen molar-refractivity contribution in [3.8, 4) is 11.4 Å². The van der Waals surface area contributed by atoms with Crippen LogP contribution in [0.4, 0.5) is 5.82 Å². The zero-order valence-corrected chi connectivity index (χ0v) is 9.43. The van der Waals surface area contributed by atoms with Gasteiger partial charge >= 0.3 is 0 Å². The molecule has 17 heavy (non-hydrogen) atoms. The van der Waals surface area contributed by atoms with Crippen LogP contribution < -0.4 is 11.3 Å². The van der Waals surface area contributed by atoms with Crippen molar-refractivity contribution in [1.29, 1.82) is 0 Å². The molecule has 1 fully saturated rings. The van der Waals surface area contributed by atoms with Crippen LogP contribution in [-0.4, -0.2) is 9.97 Å². The average molecular weight is 226 g/mol. The van der Waals surface area contributed by atoms with E-state index in [0.29, 0.717) is 11.6 Å². The molecule has 0 atom stereocenters. The van der Waals surface area contributed by atoms with Gasteiger partial charge in [0.25, 0.3) is 0 Å². The van der Waals surface area contributed by atoms with Crippen LogP contribution in [0, 0.1) is 0 Å². The maximum atomic E-state index is 5.33. The number of benzene rings is 1. The second-order valence-electron chi connectivity index (χ2n) is 4.31. The van der Waals surface area contributed by atoms with E-state index in [1.165, 1.54) is 18.4 Å². The number of hydrogen-bond acceptors (Lipinski definition) is 4. The van der Waals surface area contributed by atoms with Crippen molar-refractivity contribution in [2.45, 2.75) is 18.8 Å². The van der Waals surface area contributed by atoms with Gasteiger partial charge in [-0.25, -0.2) is 15.8 Å². The molecule has 0 radical (unpaired) electrons. The Morgan fingerprint density at radius 3 is 2.53 bits per heavy atom. The fraction of sp³-hybridized carbons (Fsp3) is 0.231. The van der Waals surface area contributed by atoms with Crippen molar-refractivity contribution < 1.29 is 0 Å². The minimum atomic E-state index is 0.626. The first-order valence-corrected chi connectivity index (χ1v) is 5.77. The van der Waals surface area contributed by atoms with E-state index in [-0.39, 0.29) is 0 Å². The summed E-state index contributed by atoms with van der Waals surface area (Å²) in [5.41, 5.74) is 4.96. The fourth-order valence-corrected chi connectivity index (χ4v) is 1.90. The highest BCUT2D eigenvalue weighted by Gasteiger charge is 2.23. The molecule has 4 heteroatoms. The lowest BCUT2D eigenvalue weighted by atomic mass is 10.1. The molecule has 1 aromatic heterocycles. The number of rotatable bonds is 3. The number of nitrogen functional groups attached to an aromatic ring is 1. The molecule has 86 valence electrons. The summed E-state index contributed by atoms with van der Waals surface area (Å²) in [5.74, 6) is 7.43. The molecule has 0 bridgehead atoms. The lowest BCUT2D eigenvalue weighted by molar-refractivity contribution is 1.12. The van der Waals surface area contributed by atoms with Gasteiger partial charge in [0, 0.05) is 17.8 Å². The quantitative estimate of drug-likeness (QED) is 0.622. The summed E-state index contributed by atoms with van der Waals surface area (Å²) >= 11 is 0. The highest BCUT2D eigenvalue weighted by Crippen LogP contribution is 2.40. The maximum absolute atomic E-state index is 5.33. The third kappa shape index (κ3) is 2.12. The van der Waals surface area contributed by atoms with Crippen LogP contribution >= 0.6 is 0 Å². The van der Waals surface area contributed by atoms with E-state index in [1.807, 2.05) is 0 Å². The minimum absolute atomic E-state index is 0.626. The van der Waals surface area contributed by atoms with Gasteiger partial charge < -0.3 is 5.43 Å². The van der Waals surface area contributed by atoms with Gasteiger partial charge in [-0.05, 0) is 24.3 Å². The molecule has 2 aromatic rings. The summed E-state index contributed by atoms with van der Waals surface area (Å²) in [4.78, 5) is 8.55. The van der Waals surface area contributed by atoms with Gasteiger partial charge in [0.2, 0.25) is 0 Å². The van der Waals surface area contributed by atoms with Crippen LogP contribution in [0.5, 0.6) is 0 Å². The molecule has 1 aliphatic carbocycles. The number of anilines is 1. The Bertz CT molecular complexity index is 517. The van der Waals surface area contributed by atoms with Gasteiger partial charge in [0.15, 0.2) is 5.82 Å². The van der Waals surface area contributed by atoms with Crippen molar-refractivity contribution in [2.75, 3.05) is 5.43 Å². The van der Waals surface area contributed by atoms with E-state index < -0.39 is 0 Å². The zero-order valence-electron chi connectivity index (χ0n) is 9.43. The molecule has 4 nitrogen and oxygen atoms in total. The van der Waals surface area contributed by atoms with E-state index in [9.17, 15) is 0 Å². The molecule has 1 aliphatic rings. The molecule has 3 N–H and O–H groups in total. The summed E-state index contributed by atoms with van der Waals surface area (Å²) in [7, 11) is 0. The van der Waals surface area contributed by atoms with E-state index in [4.69, 9.17) is 5.84 Å². The number of hydrogen-bond donors (Lipinski definition) is 2. The number of hydrazine groups is 1. The Morgan fingerprint density at radius 1 is 1.12 bits per heavy atom. The lowest BCUT2D eigenvalue weighted by Crippen LogP contribution is -2.09. The molecule has 0 unspecified atom stereocenters. The van der Waals surface area contributed by atoms with Gasteiger partial charge in [-0.2, -0.15) is 0 Å². The summed E-state index contributed by atoms with van der Waals surface area (Å²) < 4.78 is 0. The monoisotopic (exact) mass is 226 g/mol. The van der Waals surface area contributed by atoms with E-state index in [1.54, 1.807) is 12.3 Å². The van der Waals surface area contributed by atoms with E-state index in [2.05, 4.69) is 39.7 Å². The van der Waals surface area contributed by atoms with Crippen molar-refractivity contribution in [3.05, 3.63) is 42.1 Å². The van der Waals surface area contributed by atoms with Crippen molar-refractivity contribution in [3.63, 3.8) is 0 Å². The molecule has 0 saturated heterocycles. The van der Waals surface area contributed by atoms with Crippen molar-refractivity contribution in [2.24, 2.45) is 5.84 Å². The number of nitrogens with zero attached hydrogens (tertiary/aromatic N) is 2. The molecular weight excluding hydrogens is 212 g/mol. The van der Waals surface area contributed by atoms with Crippen molar-refractivity contribution >= 4 is 5.82 Å². The first-order chi connectivity index (χ1) is 8.36. The molecule has 1 saturated carbocycles. The Kier molecular flexibility index (Phi) is 2.49. The summed E-state index contributed by atoms with van der Waals surface area (Å²) in [5, 5.41) is 0. The Labute approximate surface area is 99.9 Å². The predicted octanol–water partition coefficient (Wildman–Crippen LogP) is 2.31. The van der Waals surface area contributed by atoms with Gasteiger partial charge in [0.1, 0.15) is 5.82 Å². The highest BCUT2D eigenvalue weighted by molar-refractivity contribution is 5.57. The Hall–Kier alpha value is -1.94. The van der Waals surface area contributed by atoms with Gasteiger partial charge in [-0.15, -0.1) is 0 Å². The van der Waals surface area contributed by atoms with Gasteiger partial charge in [0.05, 0.1) is 0 Å². The molecule has 1 aromatic carbocycles. The fourth-order valence-electron chi connectivity index (χ4n) is 1.90. The average Bonchev–Trinajstić information content (AvgIpc) is 3.23. The first-order valence-electron chi connectivity index (χ1n) is 5.77. The zero-order chi connectivity index (χ0) is 11.7. The topological polar surface area (TPSA) is 63.8 Å². The third-order valence-corrected chi connectivity index (χ3v) is 3.02.